The summed E-state index contributed by atoms with van der Waals surface area (Å²) in [6.07, 6.45) is 0. The summed E-state index contributed by atoms with van der Waals surface area (Å²) in [7, 11) is 0. The molecule has 3 aromatic rings. The molecular formula is C13H8ClN3O4S. The molecule has 22 heavy (non-hydrogen) atoms. The number of ether oxygens (including phenoxy) is 1. The first-order valence-corrected chi connectivity index (χ1v) is 7.37. The van der Waals surface area contributed by atoms with Crippen molar-refractivity contribution in [2.24, 2.45) is 0 Å². The lowest BCUT2D eigenvalue weighted by Gasteiger charge is -2.04. The van der Waals surface area contributed by atoms with Gasteiger partial charge >= 0.3 is 0 Å². The molecule has 9 heteroatoms. The van der Waals surface area contributed by atoms with E-state index < -0.39 is 4.92 Å². The van der Waals surface area contributed by atoms with E-state index in [1.165, 1.54) is 29.5 Å². The number of halogens is 1. The zero-order valence-electron chi connectivity index (χ0n) is 10.9. The molecule has 0 unspecified atom stereocenters. The second kappa shape index (κ2) is 6.12. The molecule has 1 aromatic carbocycles. The quantitative estimate of drug-likeness (QED) is 0.517. The van der Waals surface area contributed by atoms with Gasteiger partial charge in [0.1, 0.15) is 5.75 Å². The van der Waals surface area contributed by atoms with Crippen molar-refractivity contribution < 1.29 is 14.2 Å². The summed E-state index contributed by atoms with van der Waals surface area (Å²) in [6.45, 7) is 0.0468. The molecular weight excluding hydrogens is 330 g/mol. The fourth-order valence-corrected chi connectivity index (χ4v) is 2.54. The van der Waals surface area contributed by atoms with Crippen LogP contribution in [0.25, 0.3) is 11.5 Å². The van der Waals surface area contributed by atoms with Crippen LogP contribution in [-0.4, -0.2) is 15.1 Å². The average Bonchev–Trinajstić information content (AvgIpc) is 3.16. The fourth-order valence-electron chi connectivity index (χ4n) is 1.68. The topological polar surface area (TPSA) is 91.3 Å². The highest BCUT2D eigenvalue weighted by atomic mass is 35.5. The van der Waals surface area contributed by atoms with Crippen molar-refractivity contribution in [3.8, 4) is 17.2 Å². The van der Waals surface area contributed by atoms with Crippen molar-refractivity contribution in [3.05, 3.63) is 56.0 Å². The molecule has 0 atom stereocenters. The van der Waals surface area contributed by atoms with Gasteiger partial charge in [-0.05, 0) is 17.5 Å². The maximum atomic E-state index is 10.6. The minimum absolute atomic E-state index is 0.0468. The molecule has 2 heterocycles. The number of nitro benzene ring substituents is 1. The molecule has 0 fully saturated rings. The predicted molar refractivity (Wildman–Crippen MR) is 80.0 cm³/mol. The normalized spacial score (nSPS) is 10.6. The van der Waals surface area contributed by atoms with Gasteiger partial charge in [-0.1, -0.05) is 16.8 Å². The monoisotopic (exact) mass is 337 g/mol. The van der Waals surface area contributed by atoms with Crippen LogP contribution < -0.4 is 4.74 Å². The standard InChI is InChI=1S/C13H8ClN3O4S/c14-10-5-9(17(18)19)1-2-11(10)20-6-12-15-13(21-16-12)8-3-4-22-7-8/h1-5,7H,6H2. The van der Waals surface area contributed by atoms with E-state index in [2.05, 4.69) is 10.1 Å². The Balaban J connectivity index is 1.69. The Labute approximate surface area is 133 Å². The van der Waals surface area contributed by atoms with E-state index >= 15 is 0 Å². The molecule has 0 N–H and O–H groups in total. The van der Waals surface area contributed by atoms with Crippen LogP contribution in [0.15, 0.2) is 39.5 Å². The zero-order chi connectivity index (χ0) is 15.5. The second-order valence-corrected chi connectivity index (χ2v) is 5.38. The van der Waals surface area contributed by atoms with Gasteiger partial charge in [0.25, 0.3) is 11.6 Å². The molecule has 0 aliphatic carbocycles. The van der Waals surface area contributed by atoms with E-state index in [0.29, 0.717) is 17.5 Å². The van der Waals surface area contributed by atoms with Crippen LogP contribution in [0, 0.1) is 10.1 Å². The number of nitro groups is 1. The summed E-state index contributed by atoms with van der Waals surface area (Å²) in [5, 5.41) is 18.4. The summed E-state index contributed by atoms with van der Waals surface area (Å²) < 4.78 is 10.6. The summed E-state index contributed by atoms with van der Waals surface area (Å²) >= 11 is 7.46. The molecule has 0 radical (unpaired) electrons. The van der Waals surface area contributed by atoms with Crippen molar-refractivity contribution in [3.63, 3.8) is 0 Å². The molecule has 0 amide bonds. The Bertz CT molecular complexity index is 803. The van der Waals surface area contributed by atoms with E-state index in [1.807, 2.05) is 16.8 Å². The molecule has 7 nitrogen and oxygen atoms in total. The number of hydrogen-bond donors (Lipinski definition) is 0. The lowest BCUT2D eigenvalue weighted by atomic mass is 10.3. The molecule has 0 aliphatic rings. The van der Waals surface area contributed by atoms with Crippen molar-refractivity contribution in [1.29, 1.82) is 0 Å². The number of aromatic nitrogens is 2. The zero-order valence-corrected chi connectivity index (χ0v) is 12.5. The minimum Gasteiger partial charge on any atom is -0.484 e. The highest BCUT2D eigenvalue weighted by Crippen LogP contribution is 2.29. The van der Waals surface area contributed by atoms with E-state index in [-0.39, 0.29) is 17.3 Å². The average molecular weight is 338 g/mol. The number of non-ortho nitro benzene ring substituents is 1. The molecule has 2 aromatic heterocycles. The van der Waals surface area contributed by atoms with Gasteiger partial charge in [0.2, 0.25) is 5.82 Å². The van der Waals surface area contributed by atoms with Crippen molar-refractivity contribution in [2.45, 2.75) is 6.61 Å². The smallest absolute Gasteiger partial charge is 0.271 e. The first-order chi connectivity index (χ1) is 10.6. The minimum atomic E-state index is -0.526. The van der Waals surface area contributed by atoms with Gasteiger partial charge in [-0.25, -0.2) is 0 Å². The predicted octanol–water partition coefficient (Wildman–Crippen LogP) is 3.94. The van der Waals surface area contributed by atoms with Gasteiger partial charge in [-0.3, -0.25) is 10.1 Å². The summed E-state index contributed by atoms with van der Waals surface area (Å²) in [4.78, 5) is 14.3. The van der Waals surface area contributed by atoms with Crippen molar-refractivity contribution in [2.75, 3.05) is 0 Å². The van der Waals surface area contributed by atoms with Gasteiger partial charge in [0.05, 0.1) is 15.5 Å². The van der Waals surface area contributed by atoms with Gasteiger partial charge in [0, 0.05) is 17.5 Å². The fraction of sp³-hybridized carbons (Fsp3) is 0.0769. The molecule has 0 saturated carbocycles. The van der Waals surface area contributed by atoms with Crippen LogP contribution in [-0.2, 0) is 6.61 Å². The Morgan fingerprint density at radius 3 is 2.95 bits per heavy atom. The third-order valence-electron chi connectivity index (χ3n) is 2.72. The lowest BCUT2D eigenvalue weighted by Crippen LogP contribution is -1.98. The van der Waals surface area contributed by atoms with Gasteiger partial charge in [0.15, 0.2) is 6.61 Å². The maximum absolute atomic E-state index is 10.6. The third-order valence-corrected chi connectivity index (χ3v) is 3.70. The van der Waals surface area contributed by atoms with Gasteiger partial charge in [-0.2, -0.15) is 16.3 Å². The highest BCUT2D eigenvalue weighted by molar-refractivity contribution is 7.08. The maximum Gasteiger partial charge on any atom is 0.271 e. The molecule has 0 aliphatic heterocycles. The van der Waals surface area contributed by atoms with E-state index in [9.17, 15) is 10.1 Å². The molecule has 0 saturated heterocycles. The summed E-state index contributed by atoms with van der Waals surface area (Å²) in [5.74, 6) is 1.08. The van der Waals surface area contributed by atoms with Crippen LogP contribution in [0.1, 0.15) is 5.82 Å². The van der Waals surface area contributed by atoms with Crippen LogP contribution in [0.3, 0.4) is 0 Å². The first kappa shape index (κ1) is 14.5. The van der Waals surface area contributed by atoms with Crippen LogP contribution >= 0.6 is 22.9 Å². The van der Waals surface area contributed by atoms with Crippen LogP contribution in [0.4, 0.5) is 5.69 Å². The van der Waals surface area contributed by atoms with Crippen LogP contribution in [0.5, 0.6) is 5.75 Å². The second-order valence-electron chi connectivity index (χ2n) is 4.19. The number of benzene rings is 1. The van der Waals surface area contributed by atoms with E-state index in [4.69, 9.17) is 20.9 Å². The Kier molecular flexibility index (Phi) is 4.03. The third kappa shape index (κ3) is 3.07. The molecule has 112 valence electrons. The number of nitrogens with zero attached hydrogens (tertiary/aromatic N) is 3. The molecule has 0 bridgehead atoms. The summed E-state index contributed by atoms with van der Waals surface area (Å²) in [5.41, 5.74) is 0.744. The SMILES string of the molecule is O=[N+]([O-])c1ccc(OCc2noc(-c3ccsc3)n2)c(Cl)c1. The van der Waals surface area contributed by atoms with Crippen LogP contribution in [0.2, 0.25) is 5.02 Å². The molecule has 3 rings (SSSR count). The Morgan fingerprint density at radius 1 is 1.41 bits per heavy atom. The first-order valence-electron chi connectivity index (χ1n) is 6.05. The number of thiophene rings is 1. The van der Waals surface area contributed by atoms with Gasteiger partial charge < -0.3 is 9.26 Å². The summed E-state index contributed by atoms with van der Waals surface area (Å²) in [6, 6.07) is 5.84. The van der Waals surface area contributed by atoms with E-state index in [0.717, 1.165) is 5.56 Å². The number of rotatable bonds is 5. The highest BCUT2D eigenvalue weighted by Gasteiger charge is 2.13. The number of hydrogen-bond acceptors (Lipinski definition) is 7. The van der Waals surface area contributed by atoms with Crippen molar-refractivity contribution in [1.82, 2.24) is 10.1 Å². The Hall–Kier alpha value is -2.45. The molecule has 0 spiro atoms. The van der Waals surface area contributed by atoms with E-state index in [1.54, 1.807) is 0 Å². The Morgan fingerprint density at radius 2 is 2.27 bits per heavy atom. The largest absolute Gasteiger partial charge is 0.484 e. The van der Waals surface area contributed by atoms with Gasteiger partial charge in [-0.15, -0.1) is 0 Å². The lowest BCUT2D eigenvalue weighted by molar-refractivity contribution is -0.384. The van der Waals surface area contributed by atoms with Crippen molar-refractivity contribution >= 4 is 28.6 Å².